The van der Waals surface area contributed by atoms with Crippen molar-refractivity contribution >= 4 is 6.09 Å². The Morgan fingerprint density at radius 1 is 1.00 bits per heavy atom. The number of carboxylic acid groups (broad SMARTS) is 1. The summed E-state index contributed by atoms with van der Waals surface area (Å²) in [5.41, 5.74) is 3.26. The van der Waals surface area contributed by atoms with E-state index >= 15 is 0 Å². The summed E-state index contributed by atoms with van der Waals surface area (Å²) in [6.07, 6.45) is 0.0831. The van der Waals surface area contributed by atoms with Crippen LogP contribution in [0.25, 0.3) is 11.1 Å². The molecule has 3 rings (SSSR count). The molecule has 1 amide bonds. The molecule has 3 nitrogen and oxygen atoms in total. The lowest BCUT2D eigenvalue weighted by Gasteiger charge is -2.33. The van der Waals surface area contributed by atoms with Crippen LogP contribution in [0.3, 0.4) is 0 Å². The molecule has 0 radical (unpaired) electrons. The van der Waals surface area contributed by atoms with E-state index in [1.165, 1.54) is 16.7 Å². The Bertz CT molecular complexity index is 686. The number of carbonyl (C=O) groups is 1. The van der Waals surface area contributed by atoms with Gasteiger partial charge in [0.2, 0.25) is 0 Å². The van der Waals surface area contributed by atoms with Crippen LogP contribution in [0.15, 0.2) is 54.6 Å². The van der Waals surface area contributed by atoms with Crippen molar-refractivity contribution in [3.63, 3.8) is 0 Å². The topological polar surface area (TPSA) is 40.5 Å². The molecule has 0 bridgehead atoms. The van der Waals surface area contributed by atoms with Gasteiger partial charge in [0.15, 0.2) is 0 Å². The highest BCUT2D eigenvalue weighted by atomic mass is 16.4. The Labute approximate surface area is 137 Å². The SMILES string of the molecule is CC(C)(C)N(C(=O)O)[C@@H]1C[C@H]1c1ccc(-c2ccccc2)cc1. The zero-order chi connectivity index (χ0) is 16.6. The molecule has 0 aromatic heterocycles. The average molecular weight is 309 g/mol. The van der Waals surface area contributed by atoms with Gasteiger partial charge in [-0.1, -0.05) is 54.6 Å². The molecule has 0 saturated heterocycles. The van der Waals surface area contributed by atoms with Gasteiger partial charge in [-0.3, -0.25) is 4.90 Å². The number of amides is 1. The second-order valence-corrected chi connectivity index (χ2v) is 7.22. The Kier molecular flexibility index (Phi) is 3.88. The van der Waals surface area contributed by atoms with Crippen LogP contribution in [0.4, 0.5) is 4.79 Å². The Morgan fingerprint density at radius 3 is 2.09 bits per heavy atom. The van der Waals surface area contributed by atoms with E-state index in [9.17, 15) is 9.90 Å². The highest BCUT2D eigenvalue weighted by molar-refractivity contribution is 5.68. The fourth-order valence-corrected chi connectivity index (χ4v) is 3.30. The number of nitrogens with zero attached hydrogens (tertiary/aromatic N) is 1. The van der Waals surface area contributed by atoms with Crippen molar-refractivity contribution in [2.24, 2.45) is 0 Å². The molecule has 1 fully saturated rings. The summed E-state index contributed by atoms with van der Waals surface area (Å²) in [6, 6.07) is 18.9. The highest BCUT2D eigenvalue weighted by Gasteiger charge is 2.48. The predicted octanol–water partition coefficient (Wildman–Crippen LogP) is 4.99. The van der Waals surface area contributed by atoms with Crippen molar-refractivity contribution in [2.45, 2.75) is 44.7 Å². The summed E-state index contributed by atoms with van der Waals surface area (Å²) in [6.45, 7) is 5.86. The minimum absolute atomic E-state index is 0.0927. The van der Waals surface area contributed by atoms with Gasteiger partial charge in [0.05, 0.1) is 0 Å². The predicted molar refractivity (Wildman–Crippen MR) is 92.6 cm³/mol. The van der Waals surface area contributed by atoms with Crippen LogP contribution in [0, 0.1) is 0 Å². The molecule has 0 spiro atoms. The van der Waals surface area contributed by atoms with Gasteiger partial charge < -0.3 is 5.11 Å². The molecule has 3 heteroatoms. The van der Waals surface area contributed by atoms with Crippen LogP contribution in [0.5, 0.6) is 0 Å². The zero-order valence-electron chi connectivity index (χ0n) is 13.9. The first kappa shape index (κ1) is 15.6. The van der Waals surface area contributed by atoms with E-state index in [-0.39, 0.29) is 11.6 Å². The molecule has 0 unspecified atom stereocenters. The lowest BCUT2D eigenvalue weighted by Crippen LogP contribution is -2.46. The van der Waals surface area contributed by atoms with Gasteiger partial charge in [-0.2, -0.15) is 0 Å². The highest BCUT2D eigenvalue weighted by Crippen LogP contribution is 2.47. The fourth-order valence-electron chi connectivity index (χ4n) is 3.30. The average Bonchev–Trinajstić information content (AvgIpc) is 3.26. The van der Waals surface area contributed by atoms with Crippen LogP contribution >= 0.6 is 0 Å². The van der Waals surface area contributed by atoms with Crippen molar-refractivity contribution < 1.29 is 9.90 Å². The third-order valence-corrected chi connectivity index (χ3v) is 4.46. The maximum Gasteiger partial charge on any atom is 0.408 e. The van der Waals surface area contributed by atoms with Gasteiger partial charge in [0.1, 0.15) is 0 Å². The van der Waals surface area contributed by atoms with E-state index in [0.29, 0.717) is 5.92 Å². The molecule has 1 aliphatic rings. The van der Waals surface area contributed by atoms with Crippen LogP contribution in [0.2, 0.25) is 0 Å². The minimum Gasteiger partial charge on any atom is -0.465 e. The van der Waals surface area contributed by atoms with E-state index in [0.717, 1.165) is 6.42 Å². The van der Waals surface area contributed by atoms with Crippen molar-refractivity contribution in [3.8, 4) is 11.1 Å². The Balaban J connectivity index is 1.76. The molecule has 1 aliphatic carbocycles. The van der Waals surface area contributed by atoms with E-state index in [1.807, 2.05) is 39.0 Å². The normalized spacial score (nSPS) is 20.1. The minimum atomic E-state index is -0.828. The van der Waals surface area contributed by atoms with E-state index in [1.54, 1.807) is 4.90 Å². The smallest absolute Gasteiger partial charge is 0.408 e. The summed E-state index contributed by atoms with van der Waals surface area (Å²) in [7, 11) is 0. The van der Waals surface area contributed by atoms with Crippen molar-refractivity contribution in [1.82, 2.24) is 4.90 Å². The van der Waals surface area contributed by atoms with Crippen molar-refractivity contribution in [2.75, 3.05) is 0 Å². The maximum absolute atomic E-state index is 11.6. The molecule has 2 aromatic rings. The molecule has 1 N–H and O–H groups in total. The van der Waals surface area contributed by atoms with E-state index in [4.69, 9.17) is 0 Å². The van der Waals surface area contributed by atoms with Crippen molar-refractivity contribution in [3.05, 3.63) is 60.2 Å². The second-order valence-electron chi connectivity index (χ2n) is 7.22. The fraction of sp³-hybridized carbons (Fsp3) is 0.350. The number of hydrogen-bond donors (Lipinski definition) is 1. The summed E-state index contributed by atoms with van der Waals surface area (Å²) in [4.78, 5) is 13.2. The maximum atomic E-state index is 11.6. The summed E-state index contributed by atoms with van der Waals surface area (Å²) >= 11 is 0. The molecule has 2 atom stereocenters. The summed E-state index contributed by atoms with van der Waals surface area (Å²) < 4.78 is 0. The molecule has 0 aliphatic heterocycles. The van der Waals surface area contributed by atoms with E-state index in [2.05, 4.69) is 36.4 Å². The third-order valence-electron chi connectivity index (χ3n) is 4.46. The van der Waals surface area contributed by atoms with Gasteiger partial charge >= 0.3 is 6.09 Å². The first-order valence-electron chi connectivity index (χ1n) is 8.05. The monoisotopic (exact) mass is 309 g/mol. The molecular weight excluding hydrogens is 286 g/mol. The zero-order valence-corrected chi connectivity index (χ0v) is 13.9. The summed E-state index contributed by atoms with van der Waals surface area (Å²) in [5, 5.41) is 9.50. The Morgan fingerprint density at radius 2 is 1.57 bits per heavy atom. The molecule has 0 heterocycles. The van der Waals surface area contributed by atoms with Gasteiger partial charge in [-0.25, -0.2) is 4.79 Å². The van der Waals surface area contributed by atoms with E-state index < -0.39 is 6.09 Å². The van der Waals surface area contributed by atoms with Gasteiger partial charge in [0, 0.05) is 17.5 Å². The largest absolute Gasteiger partial charge is 0.465 e. The molecule has 1 saturated carbocycles. The Hall–Kier alpha value is -2.29. The van der Waals surface area contributed by atoms with Crippen LogP contribution in [-0.2, 0) is 0 Å². The third kappa shape index (κ3) is 3.24. The van der Waals surface area contributed by atoms with Gasteiger partial charge in [0.25, 0.3) is 0 Å². The van der Waals surface area contributed by atoms with Crippen LogP contribution in [0.1, 0.15) is 38.7 Å². The summed E-state index contributed by atoms with van der Waals surface area (Å²) in [5.74, 6) is 0.315. The first-order chi connectivity index (χ1) is 10.9. The standard InChI is InChI=1S/C20H23NO2/c1-20(2,3)21(19(22)23)18-13-17(18)16-11-9-15(10-12-16)14-7-5-4-6-8-14/h4-12,17-18H,13H2,1-3H3,(H,22,23)/t17-,18+/m0/s1. The first-order valence-corrected chi connectivity index (χ1v) is 8.05. The van der Waals surface area contributed by atoms with Crippen molar-refractivity contribution in [1.29, 1.82) is 0 Å². The van der Waals surface area contributed by atoms with Crippen LogP contribution < -0.4 is 0 Å². The molecular formula is C20H23NO2. The molecule has 2 aromatic carbocycles. The number of benzene rings is 2. The second kappa shape index (κ2) is 5.73. The number of rotatable bonds is 3. The molecule has 120 valence electrons. The van der Waals surface area contributed by atoms with Crippen LogP contribution in [-0.4, -0.2) is 27.7 Å². The lowest BCUT2D eigenvalue weighted by molar-refractivity contribution is 0.0940. The van der Waals surface area contributed by atoms with Gasteiger partial charge in [-0.05, 0) is 43.9 Å². The number of hydrogen-bond acceptors (Lipinski definition) is 1. The lowest BCUT2D eigenvalue weighted by atomic mass is 10.0. The van der Waals surface area contributed by atoms with Gasteiger partial charge in [-0.15, -0.1) is 0 Å². The molecule has 23 heavy (non-hydrogen) atoms. The quantitative estimate of drug-likeness (QED) is 0.868.